The van der Waals surface area contributed by atoms with Gasteiger partial charge < -0.3 is 5.11 Å². The molecule has 2 nitrogen and oxygen atoms in total. The number of rotatable bonds is 3. The third kappa shape index (κ3) is 4.06. The van der Waals surface area contributed by atoms with Crippen molar-refractivity contribution in [2.24, 2.45) is 0 Å². The molecule has 0 saturated heterocycles. The van der Waals surface area contributed by atoms with Crippen molar-refractivity contribution in [3.63, 3.8) is 0 Å². The lowest BCUT2D eigenvalue weighted by Gasteiger charge is -2.11. The Morgan fingerprint density at radius 1 is 1.57 bits per heavy atom. The number of aryl methyl sites for hydroxylation is 1. The predicted molar refractivity (Wildman–Crippen MR) is 47.2 cm³/mol. The molecule has 1 aromatic rings. The molecule has 0 aliphatic heterocycles. The molecule has 0 aromatic carbocycles. The van der Waals surface area contributed by atoms with Crippen LogP contribution < -0.4 is 0 Å². The highest BCUT2D eigenvalue weighted by atomic mass is 32.1. The van der Waals surface area contributed by atoms with Gasteiger partial charge in [0, 0.05) is 11.8 Å². The third-order valence-corrected chi connectivity index (χ3v) is 2.40. The monoisotopic (exact) mass is 225 g/mol. The summed E-state index contributed by atoms with van der Waals surface area (Å²) >= 11 is 1.36. The van der Waals surface area contributed by atoms with Crippen LogP contribution in [0.5, 0.6) is 0 Å². The highest BCUT2D eigenvalue weighted by Gasteiger charge is 2.31. The highest BCUT2D eigenvalue weighted by molar-refractivity contribution is 7.09. The number of alkyl halides is 3. The maximum Gasteiger partial charge on any atom is 0.391 e. The molecule has 1 heterocycles. The molecule has 1 atom stereocenters. The van der Waals surface area contributed by atoms with Crippen molar-refractivity contribution >= 4 is 11.3 Å². The van der Waals surface area contributed by atoms with Crippen LogP contribution in [0.25, 0.3) is 0 Å². The van der Waals surface area contributed by atoms with Gasteiger partial charge in [0.15, 0.2) is 0 Å². The molecular formula is C8H10F3NOS. The summed E-state index contributed by atoms with van der Waals surface area (Å²) in [5.41, 5.74) is 0.518. The maximum atomic E-state index is 11.8. The Kier molecular flexibility index (Phi) is 3.49. The first kappa shape index (κ1) is 11.5. The number of halogens is 3. The number of hydrogen-bond donors (Lipinski definition) is 1. The van der Waals surface area contributed by atoms with Crippen LogP contribution in [0.1, 0.15) is 17.1 Å². The van der Waals surface area contributed by atoms with E-state index in [4.69, 9.17) is 5.11 Å². The Morgan fingerprint density at radius 2 is 2.21 bits per heavy atom. The van der Waals surface area contributed by atoms with E-state index in [1.54, 1.807) is 12.3 Å². The lowest BCUT2D eigenvalue weighted by molar-refractivity contribution is -0.153. The number of nitrogens with zero attached hydrogens (tertiary/aromatic N) is 1. The first-order chi connectivity index (χ1) is 6.37. The zero-order chi connectivity index (χ0) is 10.8. The van der Waals surface area contributed by atoms with Crippen LogP contribution in [0.2, 0.25) is 0 Å². The fourth-order valence-electron chi connectivity index (χ4n) is 1.08. The second kappa shape index (κ2) is 4.27. The molecule has 1 unspecified atom stereocenters. The largest absolute Gasteiger partial charge is 0.392 e. The fourth-order valence-corrected chi connectivity index (χ4v) is 1.71. The van der Waals surface area contributed by atoms with Gasteiger partial charge in [-0.05, 0) is 6.92 Å². The Hall–Kier alpha value is -0.620. The smallest absolute Gasteiger partial charge is 0.391 e. The number of aliphatic hydroxyl groups excluding tert-OH is 1. The predicted octanol–water partition coefficient (Wildman–Crippen LogP) is 2.31. The van der Waals surface area contributed by atoms with E-state index >= 15 is 0 Å². The lowest BCUT2D eigenvalue weighted by Crippen LogP contribution is -2.21. The van der Waals surface area contributed by atoms with E-state index in [0.29, 0.717) is 5.69 Å². The van der Waals surface area contributed by atoms with Gasteiger partial charge in [-0.15, -0.1) is 11.3 Å². The lowest BCUT2D eigenvalue weighted by atomic mass is 10.1. The molecule has 14 heavy (non-hydrogen) atoms. The second-order valence-electron chi connectivity index (χ2n) is 3.04. The fraction of sp³-hybridized carbons (Fsp3) is 0.625. The van der Waals surface area contributed by atoms with Crippen LogP contribution in [0.3, 0.4) is 0 Å². The van der Waals surface area contributed by atoms with E-state index < -0.39 is 18.7 Å². The molecule has 0 spiro atoms. The molecule has 6 heteroatoms. The molecule has 1 aromatic heterocycles. The number of aromatic nitrogens is 1. The summed E-state index contributed by atoms with van der Waals surface area (Å²) in [4.78, 5) is 3.97. The van der Waals surface area contributed by atoms with Crippen LogP contribution in [-0.4, -0.2) is 22.4 Å². The Bertz CT molecular complexity index is 297. The van der Waals surface area contributed by atoms with Crippen molar-refractivity contribution < 1.29 is 18.3 Å². The summed E-state index contributed by atoms with van der Waals surface area (Å²) in [5, 5.41) is 11.5. The molecule has 0 radical (unpaired) electrons. The van der Waals surface area contributed by atoms with E-state index in [2.05, 4.69) is 4.98 Å². The van der Waals surface area contributed by atoms with E-state index in [9.17, 15) is 13.2 Å². The number of aliphatic hydroxyl groups is 1. The minimum absolute atomic E-state index is 0.0378. The first-order valence-electron chi connectivity index (χ1n) is 4.02. The van der Waals surface area contributed by atoms with Crippen molar-refractivity contribution in [3.05, 3.63) is 16.1 Å². The summed E-state index contributed by atoms with van der Waals surface area (Å²) in [7, 11) is 0. The SMILES string of the molecule is Cc1nc(CC(O)CC(F)(F)F)cs1. The maximum absolute atomic E-state index is 11.8. The minimum atomic E-state index is -4.31. The average Bonchev–Trinajstić information content (AvgIpc) is 2.30. The first-order valence-corrected chi connectivity index (χ1v) is 4.90. The molecule has 0 fully saturated rings. The molecule has 0 saturated carbocycles. The molecule has 0 bridgehead atoms. The quantitative estimate of drug-likeness (QED) is 0.856. The number of thiazole rings is 1. The highest BCUT2D eigenvalue weighted by Crippen LogP contribution is 2.23. The van der Waals surface area contributed by atoms with Crippen LogP contribution in [0.4, 0.5) is 13.2 Å². The van der Waals surface area contributed by atoms with Crippen molar-refractivity contribution in [1.29, 1.82) is 0 Å². The van der Waals surface area contributed by atoms with Crippen molar-refractivity contribution in [1.82, 2.24) is 4.98 Å². The minimum Gasteiger partial charge on any atom is -0.392 e. The van der Waals surface area contributed by atoms with E-state index in [-0.39, 0.29) is 6.42 Å². The van der Waals surface area contributed by atoms with Crippen molar-refractivity contribution in [2.45, 2.75) is 32.0 Å². The average molecular weight is 225 g/mol. The Balaban J connectivity index is 2.45. The van der Waals surface area contributed by atoms with E-state index in [0.717, 1.165) is 5.01 Å². The number of hydrogen-bond acceptors (Lipinski definition) is 3. The Morgan fingerprint density at radius 3 is 2.64 bits per heavy atom. The topological polar surface area (TPSA) is 33.1 Å². The van der Waals surface area contributed by atoms with Gasteiger partial charge in [-0.1, -0.05) is 0 Å². The molecule has 0 amide bonds. The third-order valence-electron chi connectivity index (χ3n) is 1.58. The van der Waals surface area contributed by atoms with Gasteiger partial charge in [-0.3, -0.25) is 0 Å². The summed E-state index contributed by atoms with van der Waals surface area (Å²) in [6.07, 6.45) is -6.92. The molecule has 0 aliphatic rings. The van der Waals surface area contributed by atoms with Crippen LogP contribution in [0, 0.1) is 6.92 Å². The zero-order valence-corrected chi connectivity index (χ0v) is 8.32. The zero-order valence-electron chi connectivity index (χ0n) is 7.51. The molecule has 1 N–H and O–H groups in total. The van der Waals surface area contributed by atoms with E-state index in [1.807, 2.05) is 0 Å². The summed E-state index contributed by atoms with van der Waals surface area (Å²) in [6, 6.07) is 0. The molecule has 1 rings (SSSR count). The van der Waals surface area contributed by atoms with Gasteiger partial charge in [0.25, 0.3) is 0 Å². The van der Waals surface area contributed by atoms with Crippen LogP contribution in [-0.2, 0) is 6.42 Å². The van der Waals surface area contributed by atoms with Crippen molar-refractivity contribution in [3.8, 4) is 0 Å². The van der Waals surface area contributed by atoms with Crippen LogP contribution in [0.15, 0.2) is 5.38 Å². The van der Waals surface area contributed by atoms with Gasteiger partial charge >= 0.3 is 6.18 Å². The Labute approximate surface area is 83.4 Å². The van der Waals surface area contributed by atoms with Crippen LogP contribution >= 0.6 is 11.3 Å². The van der Waals surface area contributed by atoms with Gasteiger partial charge in [0.2, 0.25) is 0 Å². The van der Waals surface area contributed by atoms with Gasteiger partial charge in [-0.25, -0.2) is 4.98 Å². The van der Waals surface area contributed by atoms with Gasteiger partial charge in [0.1, 0.15) is 0 Å². The summed E-state index contributed by atoms with van der Waals surface area (Å²) in [5.74, 6) is 0. The molecular weight excluding hydrogens is 215 g/mol. The summed E-state index contributed by atoms with van der Waals surface area (Å²) in [6.45, 7) is 1.77. The van der Waals surface area contributed by atoms with Gasteiger partial charge in [0.05, 0.1) is 23.2 Å². The standard InChI is InChI=1S/C8H10F3NOS/c1-5-12-6(4-14-5)2-7(13)3-8(9,10)11/h4,7,13H,2-3H2,1H3. The molecule has 0 aliphatic carbocycles. The van der Waals surface area contributed by atoms with Crippen molar-refractivity contribution in [2.75, 3.05) is 0 Å². The summed E-state index contributed by atoms with van der Waals surface area (Å²) < 4.78 is 35.5. The molecule has 80 valence electrons. The second-order valence-corrected chi connectivity index (χ2v) is 4.10. The van der Waals surface area contributed by atoms with E-state index in [1.165, 1.54) is 11.3 Å². The normalized spacial score (nSPS) is 14.4. The van der Waals surface area contributed by atoms with Gasteiger partial charge in [-0.2, -0.15) is 13.2 Å².